The van der Waals surface area contributed by atoms with Gasteiger partial charge in [0.1, 0.15) is 5.54 Å². The van der Waals surface area contributed by atoms with Crippen LogP contribution in [-0.2, 0) is 11.8 Å². The van der Waals surface area contributed by atoms with Crippen molar-refractivity contribution in [3.63, 3.8) is 0 Å². The highest BCUT2D eigenvalue weighted by molar-refractivity contribution is 7.99. The van der Waals surface area contributed by atoms with Crippen LogP contribution in [-0.4, -0.2) is 31.6 Å². The molecule has 100 valence electrons. The zero-order chi connectivity index (χ0) is 13.3. The first-order valence-corrected chi connectivity index (χ1v) is 6.98. The van der Waals surface area contributed by atoms with E-state index < -0.39 is 11.5 Å². The molecule has 0 bridgehead atoms. The van der Waals surface area contributed by atoms with Crippen molar-refractivity contribution in [2.24, 2.45) is 12.8 Å². The highest BCUT2D eigenvalue weighted by Crippen LogP contribution is 2.37. The van der Waals surface area contributed by atoms with E-state index in [2.05, 4.69) is 5.10 Å². The second-order valence-electron chi connectivity index (χ2n) is 5.05. The molecule has 1 aliphatic carbocycles. The fourth-order valence-corrected chi connectivity index (χ4v) is 3.86. The number of aliphatic carboxylic acids is 1. The Balaban J connectivity index is 2.06. The first-order valence-electron chi connectivity index (χ1n) is 6.10. The smallest absolute Gasteiger partial charge is 0.323 e. The number of hydrogen-bond acceptors (Lipinski definition) is 4. The lowest BCUT2D eigenvalue weighted by Crippen LogP contribution is -2.51. The molecule has 3 N–H and O–H groups in total. The van der Waals surface area contributed by atoms with Crippen LogP contribution in [0, 0.1) is 6.92 Å². The lowest BCUT2D eigenvalue weighted by atomic mass is 9.82. The van der Waals surface area contributed by atoms with Gasteiger partial charge in [0.2, 0.25) is 0 Å². The lowest BCUT2D eigenvalue weighted by molar-refractivity contribution is -0.144. The van der Waals surface area contributed by atoms with Gasteiger partial charge >= 0.3 is 5.97 Å². The van der Waals surface area contributed by atoms with Gasteiger partial charge in [-0.15, -0.1) is 11.8 Å². The number of carbonyl (C=O) groups is 1. The van der Waals surface area contributed by atoms with Gasteiger partial charge in [0.05, 0.1) is 10.7 Å². The van der Waals surface area contributed by atoms with Crippen LogP contribution in [0.3, 0.4) is 0 Å². The predicted octanol–water partition coefficient (Wildman–Crippen LogP) is 1.55. The first kappa shape index (κ1) is 13.4. The fourth-order valence-electron chi connectivity index (χ4n) is 2.42. The molecular formula is C12H19N3O2S. The minimum Gasteiger partial charge on any atom is -0.480 e. The maximum Gasteiger partial charge on any atom is 0.323 e. The third-order valence-electron chi connectivity index (χ3n) is 3.41. The van der Waals surface area contributed by atoms with Crippen molar-refractivity contribution in [3.05, 3.63) is 11.8 Å². The molecule has 1 aromatic heterocycles. The lowest BCUT2D eigenvalue weighted by Gasteiger charge is -2.34. The number of carboxylic acids is 1. The molecule has 1 saturated carbocycles. The summed E-state index contributed by atoms with van der Waals surface area (Å²) in [5.74, 6) is -0.881. The Morgan fingerprint density at radius 1 is 1.72 bits per heavy atom. The Kier molecular flexibility index (Phi) is 3.68. The van der Waals surface area contributed by atoms with Crippen LogP contribution in [0.1, 0.15) is 31.4 Å². The Hall–Kier alpha value is -1.01. The molecule has 2 unspecified atom stereocenters. The van der Waals surface area contributed by atoms with Crippen LogP contribution in [0.4, 0.5) is 0 Å². The van der Waals surface area contributed by atoms with Crippen LogP contribution in [0.5, 0.6) is 0 Å². The summed E-state index contributed by atoms with van der Waals surface area (Å²) < 4.78 is 1.84. The SMILES string of the molecule is Cc1cc(SC2CCCC(N)(C(=O)O)C2)n(C)n1. The summed E-state index contributed by atoms with van der Waals surface area (Å²) in [5.41, 5.74) is 5.88. The molecule has 1 aromatic rings. The molecule has 0 spiro atoms. The van der Waals surface area contributed by atoms with Crippen molar-refractivity contribution in [2.75, 3.05) is 0 Å². The normalized spacial score (nSPS) is 28.3. The zero-order valence-corrected chi connectivity index (χ0v) is 11.5. The molecule has 18 heavy (non-hydrogen) atoms. The van der Waals surface area contributed by atoms with Crippen molar-refractivity contribution in [3.8, 4) is 0 Å². The Bertz CT molecular complexity index is 460. The van der Waals surface area contributed by atoms with E-state index in [9.17, 15) is 9.90 Å². The Morgan fingerprint density at radius 2 is 2.44 bits per heavy atom. The maximum absolute atomic E-state index is 11.2. The summed E-state index contributed by atoms with van der Waals surface area (Å²) in [6.45, 7) is 1.95. The number of rotatable bonds is 3. The number of aromatic nitrogens is 2. The molecule has 0 aromatic carbocycles. The molecule has 2 rings (SSSR count). The van der Waals surface area contributed by atoms with E-state index in [0.717, 1.165) is 23.6 Å². The predicted molar refractivity (Wildman–Crippen MR) is 70.6 cm³/mol. The Morgan fingerprint density at radius 3 is 3.00 bits per heavy atom. The van der Waals surface area contributed by atoms with Gasteiger partial charge in [-0.05, 0) is 38.7 Å². The number of nitrogens with zero attached hydrogens (tertiary/aromatic N) is 2. The molecule has 0 radical (unpaired) electrons. The standard InChI is InChI=1S/C12H19N3O2S/c1-8-6-10(15(2)14-8)18-9-4-3-5-12(13,7-9)11(16)17/h6,9H,3-5,7,13H2,1-2H3,(H,16,17). The molecule has 0 amide bonds. The number of carboxylic acid groups (broad SMARTS) is 1. The van der Waals surface area contributed by atoms with Gasteiger partial charge in [0, 0.05) is 12.3 Å². The second kappa shape index (κ2) is 4.93. The first-order chi connectivity index (χ1) is 8.40. The second-order valence-corrected chi connectivity index (χ2v) is 6.37. The van der Waals surface area contributed by atoms with Crippen molar-refractivity contribution < 1.29 is 9.90 Å². The summed E-state index contributed by atoms with van der Waals surface area (Å²) in [5, 5.41) is 14.8. The van der Waals surface area contributed by atoms with E-state index in [0.29, 0.717) is 12.8 Å². The molecule has 1 fully saturated rings. The highest BCUT2D eigenvalue weighted by atomic mass is 32.2. The van der Waals surface area contributed by atoms with Gasteiger partial charge in [-0.3, -0.25) is 9.48 Å². The summed E-state index contributed by atoms with van der Waals surface area (Å²) in [6.07, 6.45) is 2.99. The average molecular weight is 269 g/mol. The number of aryl methyl sites for hydroxylation is 2. The van der Waals surface area contributed by atoms with E-state index in [-0.39, 0.29) is 5.25 Å². The molecule has 1 aliphatic rings. The fraction of sp³-hybridized carbons (Fsp3) is 0.667. The van der Waals surface area contributed by atoms with Crippen LogP contribution in [0.2, 0.25) is 0 Å². The monoisotopic (exact) mass is 269 g/mol. The van der Waals surface area contributed by atoms with Crippen molar-refractivity contribution >= 4 is 17.7 Å². The van der Waals surface area contributed by atoms with Crippen molar-refractivity contribution in [1.82, 2.24) is 9.78 Å². The number of hydrogen-bond donors (Lipinski definition) is 2. The van der Waals surface area contributed by atoms with Gasteiger partial charge < -0.3 is 10.8 Å². The summed E-state index contributed by atoms with van der Waals surface area (Å²) >= 11 is 1.69. The van der Waals surface area contributed by atoms with Gasteiger partial charge in [-0.2, -0.15) is 5.10 Å². The van der Waals surface area contributed by atoms with E-state index >= 15 is 0 Å². The quantitative estimate of drug-likeness (QED) is 0.870. The van der Waals surface area contributed by atoms with E-state index in [1.54, 1.807) is 11.8 Å². The minimum atomic E-state index is -1.05. The average Bonchev–Trinajstić information content (AvgIpc) is 2.57. The third-order valence-corrected chi connectivity index (χ3v) is 4.77. The zero-order valence-electron chi connectivity index (χ0n) is 10.7. The molecule has 6 heteroatoms. The van der Waals surface area contributed by atoms with Gasteiger partial charge in [-0.25, -0.2) is 0 Å². The minimum absolute atomic E-state index is 0.259. The number of nitrogens with two attached hydrogens (primary N) is 1. The van der Waals surface area contributed by atoms with Crippen LogP contribution >= 0.6 is 11.8 Å². The molecule has 5 nitrogen and oxygen atoms in total. The van der Waals surface area contributed by atoms with Crippen LogP contribution in [0.15, 0.2) is 11.1 Å². The number of thioether (sulfide) groups is 1. The molecule has 0 saturated heterocycles. The summed E-state index contributed by atoms with van der Waals surface area (Å²) in [7, 11) is 1.91. The van der Waals surface area contributed by atoms with E-state index in [1.165, 1.54) is 0 Å². The highest BCUT2D eigenvalue weighted by Gasteiger charge is 2.39. The van der Waals surface area contributed by atoms with Gasteiger partial charge in [0.15, 0.2) is 0 Å². The largest absolute Gasteiger partial charge is 0.480 e. The third kappa shape index (κ3) is 2.70. The van der Waals surface area contributed by atoms with Crippen molar-refractivity contribution in [2.45, 2.75) is 48.4 Å². The maximum atomic E-state index is 11.2. The molecular weight excluding hydrogens is 250 g/mol. The van der Waals surface area contributed by atoms with Crippen LogP contribution in [0.25, 0.3) is 0 Å². The topological polar surface area (TPSA) is 81.1 Å². The van der Waals surface area contributed by atoms with Crippen molar-refractivity contribution in [1.29, 1.82) is 0 Å². The Labute approximate surface area is 111 Å². The van der Waals surface area contributed by atoms with Gasteiger partial charge in [0.25, 0.3) is 0 Å². The summed E-state index contributed by atoms with van der Waals surface area (Å²) in [4.78, 5) is 11.2. The van der Waals surface area contributed by atoms with E-state index in [4.69, 9.17) is 5.73 Å². The van der Waals surface area contributed by atoms with Crippen LogP contribution < -0.4 is 5.73 Å². The molecule has 1 heterocycles. The van der Waals surface area contributed by atoms with E-state index in [1.807, 2.05) is 24.7 Å². The molecule has 2 atom stereocenters. The van der Waals surface area contributed by atoms with Gasteiger partial charge in [-0.1, -0.05) is 0 Å². The molecule has 0 aliphatic heterocycles. The summed E-state index contributed by atoms with van der Waals surface area (Å²) in [6, 6.07) is 2.03.